The van der Waals surface area contributed by atoms with Gasteiger partial charge in [0, 0.05) is 45.4 Å². The fourth-order valence-corrected chi connectivity index (χ4v) is 7.14. The second-order valence-corrected chi connectivity index (χ2v) is 13.1. The molecule has 2 aliphatic carbocycles. The molecule has 3 fully saturated rings. The molecule has 11 heteroatoms. The molecule has 46 heavy (non-hydrogen) atoms. The quantitative estimate of drug-likeness (QED) is 0.238. The fourth-order valence-electron chi connectivity index (χ4n) is 6.96. The van der Waals surface area contributed by atoms with Crippen LogP contribution in [0.1, 0.15) is 88.0 Å². The van der Waals surface area contributed by atoms with Crippen LogP contribution in [0.3, 0.4) is 0 Å². The number of carbonyl (C=O) groups excluding carboxylic acids is 4. The zero-order chi connectivity index (χ0) is 33.2. The number of carbonyl (C=O) groups is 4. The van der Waals surface area contributed by atoms with E-state index in [2.05, 4.69) is 24.3 Å². The van der Waals surface area contributed by atoms with E-state index in [4.69, 9.17) is 40.0 Å². The topological polar surface area (TPSA) is 124 Å². The highest BCUT2D eigenvalue weighted by atomic mass is 35.5. The second-order valence-electron chi connectivity index (χ2n) is 12.7. The number of hydrogen-bond donors (Lipinski definition) is 0. The van der Waals surface area contributed by atoms with E-state index in [0.29, 0.717) is 28.3 Å². The Morgan fingerprint density at radius 3 is 2.07 bits per heavy atom. The lowest BCUT2D eigenvalue weighted by atomic mass is 9.86. The first-order valence-electron chi connectivity index (χ1n) is 15.6. The molecular weight excluding hydrogens is 616 g/mol. The summed E-state index contributed by atoms with van der Waals surface area (Å²) in [5.74, 6) is -4.08. The number of rotatable bonds is 10. The van der Waals surface area contributed by atoms with Crippen LogP contribution in [-0.4, -0.2) is 62.0 Å². The molecule has 2 aromatic rings. The molecule has 1 aliphatic heterocycles. The summed E-state index contributed by atoms with van der Waals surface area (Å²) < 4.78 is 34.6. The average Bonchev–Trinajstić information content (AvgIpc) is 3.63. The van der Waals surface area contributed by atoms with Crippen molar-refractivity contribution in [1.29, 1.82) is 0 Å². The predicted octanol–water partition coefficient (Wildman–Crippen LogP) is 5.53. The Labute approximate surface area is 273 Å². The highest BCUT2D eigenvalue weighted by Gasteiger charge is 2.61. The second kappa shape index (κ2) is 13.7. The van der Waals surface area contributed by atoms with E-state index in [9.17, 15) is 19.2 Å². The van der Waals surface area contributed by atoms with Crippen LogP contribution in [0, 0.1) is 5.41 Å². The van der Waals surface area contributed by atoms with Crippen LogP contribution in [0.5, 0.6) is 0 Å². The van der Waals surface area contributed by atoms with Crippen molar-refractivity contribution in [2.24, 2.45) is 5.41 Å². The van der Waals surface area contributed by atoms with Gasteiger partial charge in [-0.05, 0) is 78.7 Å². The maximum Gasteiger partial charge on any atom is 0.303 e. The van der Waals surface area contributed by atoms with Gasteiger partial charge in [-0.25, -0.2) is 0 Å². The summed E-state index contributed by atoms with van der Waals surface area (Å²) in [7, 11) is 1.35. The van der Waals surface area contributed by atoms with E-state index in [1.165, 1.54) is 72.5 Å². The number of halogens is 1. The molecule has 3 aliphatic rings. The van der Waals surface area contributed by atoms with Crippen LogP contribution in [0.4, 0.5) is 0 Å². The highest BCUT2D eigenvalue weighted by molar-refractivity contribution is 6.31. The van der Waals surface area contributed by atoms with Crippen LogP contribution in [0.25, 0.3) is 0 Å². The Balaban J connectivity index is 1.50. The molecule has 2 aromatic carbocycles. The van der Waals surface area contributed by atoms with Crippen molar-refractivity contribution in [2.45, 2.75) is 102 Å². The molecule has 0 radical (unpaired) electrons. The lowest BCUT2D eigenvalue weighted by Crippen LogP contribution is -2.67. The van der Waals surface area contributed by atoms with E-state index in [1.54, 1.807) is 18.2 Å². The van der Waals surface area contributed by atoms with Gasteiger partial charge in [-0.3, -0.25) is 19.2 Å². The van der Waals surface area contributed by atoms with Gasteiger partial charge < -0.3 is 28.4 Å². The molecule has 1 saturated heterocycles. The largest absolute Gasteiger partial charge is 0.463 e. The van der Waals surface area contributed by atoms with Gasteiger partial charge in [0.15, 0.2) is 12.2 Å². The zero-order valence-corrected chi connectivity index (χ0v) is 27.6. The minimum Gasteiger partial charge on any atom is -0.463 e. The standard InChI is InChI=1S/C35H41ClO10/c1-20(37)42-19-30-31(43-21(2)38)32(44-22(3)39)33(45-23(4)40)35(41-5,46-30)28-10-11-29(36)27(17-28)16-24-6-8-25(9-7-24)26-12-13-34(18-26)14-15-34/h6-11,17,26,30-33H,12-16,18-19H2,1-5H3. The summed E-state index contributed by atoms with van der Waals surface area (Å²) >= 11 is 6.71. The number of ether oxygens (including phenoxy) is 6. The monoisotopic (exact) mass is 656 g/mol. The van der Waals surface area contributed by atoms with E-state index < -0.39 is 54.1 Å². The molecule has 2 saturated carbocycles. The Bertz CT molecular complexity index is 1470. The average molecular weight is 657 g/mol. The van der Waals surface area contributed by atoms with Crippen LogP contribution in [0.15, 0.2) is 42.5 Å². The van der Waals surface area contributed by atoms with Crippen molar-refractivity contribution < 1.29 is 47.6 Å². The molecule has 6 atom stereocenters. The Morgan fingerprint density at radius 2 is 1.50 bits per heavy atom. The van der Waals surface area contributed by atoms with Crippen LogP contribution >= 0.6 is 11.6 Å². The van der Waals surface area contributed by atoms with Crippen LogP contribution < -0.4 is 0 Å². The molecular formula is C35H41ClO10. The zero-order valence-electron chi connectivity index (χ0n) is 26.8. The van der Waals surface area contributed by atoms with Gasteiger partial charge in [0.05, 0.1) is 0 Å². The Kier molecular flexibility index (Phi) is 10.1. The van der Waals surface area contributed by atoms with Gasteiger partial charge in [0.2, 0.25) is 11.9 Å². The molecule has 0 N–H and O–H groups in total. The Hall–Kier alpha value is -3.47. The van der Waals surface area contributed by atoms with E-state index in [0.717, 1.165) is 11.1 Å². The molecule has 10 nitrogen and oxygen atoms in total. The van der Waals surface area contributed by atoms with Crippen molar-refractivity contribution in [3.63, 3.8) is 0 Å². The molecule has 1 heterocycles. The smallest absolute Gasteiger partial charge is 0.303 e. The maximum absolute atomic E-state index is 12.5. The molecule has 0 amide bonds. The summed E-state index contributed by atoms with van der Waals surface area (Å²) in [5, 5.41) is 0.496. The third-order valence-electron chi connectivity index (χ3n) is 9.29. The first-order valence-corrected chi connectivity index (χ1v) is 16.0. The molecule has 248 valence electrons. The molecule has 6 unspecified atom stereocenters. The van der Waals surface area contributed by atoms with Crippen LogP contribution in [-0.2, 0) is 59.8 Å². The van der Waals surface area contributed by atoms with E-state index in [-0.39, 0.29) is 6.61 Å². The summed E-state index contributed by atoms with van der Waals surface area (Å²) in [6, 6.07) is 13.8. The lowest BCUT2D eigenvalue weighted by Gasteiger charge is -2.50. The fraction of sp³-hybridized carbons (Fsp3) is 0.543. The highest BCUT2D eigenvalue weighted by Crippen LogP contribution is 2.61. The number of hydrogen-bond acceptors (Lipinski definition) is 10. The van der Waals surface area contributed by atoms with Crippen molar-refractivity contribution in [1.82, 2.24) is 0 Å². The van der Waals surface area contributed by atoms with Gasteiger partial charge in [-0.15, -0.1) is 0 Å². The van der Waals surface area contributed by atoms with Crippen molar-refractivity contribution >= 4 is 35.5 Å². The first kappa shape index (κ1) is 33.9. The van der Waals surface area contributed by atoms with Gasteiger partial charge in [-0.1, -0.05) is 41.9 Å². The van der Waals surface area contributed by atoms with Crippen LogP contribution in [0.2, 0.25) is 5.02 Å². The van der Waals surface area contributed by atoms with Gasteiger partial charge >= 0.3 is 23.9 Å². The first-order chi connectivity index (χ1) is 21.8. The lowest BCUT2D eigenvalue weighted by molar-refractivity contribution is -0.367. The normalized spacial score (nSPS) is 27.9. The maximum atomic E-state index is 12.5. The molecule has 1 spiro atoms. The minimum atomic E-state index is -1.89. The predicted molar refractivity (Wildman–Crippen MR) is 166 cm³/mol. The third-order valence-corrected chi connectivity index (χ3v) is 9.66. The van der Waals surface area contributed by atoms with Crippen molar-refractivity contribution in [2.75, 3.05) is 13.7 Å². The number of benzene rings is 2. The summed E-state index contributed by atoms with van der Waals surface area (Å²) in [6.07, 6.45) is 1.71. The van der Waals surface area contributed by atoms with Crippen molar-refractivity contribution in [3.8, 4) is 0 Å². The Morgan fingerprint density at radius 1 is 0.848 bits per heavy atom. The number of esters is 4. The van der Waals surface area contributed by atoms with Crippen molar-refractivity contribution in [3.05, 3.63) is 69.7 Å². The summed E-state index contributed by atoms with van der Waals surface area (Å²) in [5.41, 5.74) is 4.15. The van der Waals surface area contributed by atoms with Gasteiger partial charge in [0.1, 0.15) is 12.7 Å². The van der Waals surface area contributed by atoms with E-state index in [1.807, 2.05) is 0 Å². The van der Waals surface area contributed by atoms with E-state index >= 15 is 0 Å². The van der Waals surface area contributed by atoms with Gasteiger partial charge in [-0.2, -0.15) is 0 Å². The third kappa shape index (κ3) is 7.40. The minimum absolute atomic E-state index is 0.377. The SMILES string of the molecule is COC1(c2ccc(Cl)c(Cc3ccc(C4CCC5(CC5)C4)cc3)c2)OC(COC(C)=O)C(OC(C)=O)C(OC(C)=O)C1OC(C)=O. The van der Waals surface area contributed by atoms with Gasteiger partial charge in [0.25, 0.3) is 0 Å². The molecule has 5 rings (SSSR count). The molecule has 0 aromatic heterocycles. The summed E-state index contributed by atoms with van der Waals surface area (Å²) in [6.45, 7) is 4.36. The number of methoxy groups -OCH3 is 1. The summed E-state index contributed by atoms with van der Waals surface area (Å²) in [4.78, 5) is 48.7. The molecule has 0 bridgehead atoms.